The van der Waals surface area contributed by atoms with E-state index in [1.807, 2.05) is 0 Å². The highest BCUT2D eigenvalue weighted by molar-refractivity contribution is 6.13. The molecule has 12 rings (SSSR count). The van der Waals surface area contributed by atoms with Crippen LogP contribution in [0, 0.1) is 0 Å². The van der Waals surface area contributed by atoms with Crippen molar-refractivity contribution in [3.8, 4) is 27.9 Å². The fourth-order valence-corrected chi connectivity index (χ4v) is 9.78. The SMILES string of the molecule is C1=C2c3ccccc3N(c3ccccc3)C2CC=C1N(c1ccc(-c2ccc(-n3c4ccccc4c4cc5ccccc5cc43)cc2)cc1)c1cccc(-c2ccccc2)c1. The summed E-state index contributed by atoms with van der Waals surface area (Å²) in [7, 11) is 0. The fraction of sp³-hybridized carbons (Fsp3) is 0.0345. The summed E-state index contributed by atoms with van der Waals surface area (Å²) in [5, 5.41) is 5.06. The molecule has 0 saturated carbocycles. The van der Waals surface area contributed by atoms with E-state index in [-0.39, 0.29) is 6.04 Å². The van der Waals surface area contributed by atoms with E-state index in [9.17, 15) is 0 Å². The van der Waals surface area contributed by atoms with E-state index >= 15 is 0 Å². The van der Waals surface area contributed by atoms with Gasteiger partial charge in [-0.1, -0.05) is 152 Å². The molecule has 2 heterocycles. The van der Waals surface area contributed by atoms with E-state index in [4.69, 9.17) is 0 Å². The van der Waals surface area contributed by atoms with Crippen molar-refractivity contribution in [2.45, 2.75) is 12.5 Å². The number of hydrogen-bond acceptors (Lipinski definition) is 2. The van der Waals surface area contributed by atoms with Crippen LogP contribution in [0.4, 0.5) is 22.7 Å². The molecule has 0 N–H and O–H groups in total. The molecule has 61 heavy (non-hydrogen) atoms. The maximum Gasteiger partial charge on any atom is 0.0634 e. The molecule has 9 aromatic carbocycles. The summed E-state index contributed by atoms with van der Waals surface area (Å²) in [5.41, 5.74) is 16.9. The Bertz CT molecular complexity index is 3320. The third-order valence-corrected chi connectivity index (χ3v) is 12.6. The Morgan fingerprint density at radius 3 is 1.87 bits per heavy atom. The maximum atomic E-state index is 2.51. The normalized spacial score (nSPS) is 14.5. The van der Waals surface area contributed by atoms with Gasteiger partial charge in [-0.3, -0.25) is 0 Å². The Kier molecular flexibility index (Phi) is 8.31. The molecule has 288 valence electrons. The quantitative estimate of drug-likeness (QED) is 0.160. The van der Waals surface area contributed by atoms with Gasteiger partial charge in [0.25, 0.3) is 0 Å². The van der Waals surface area contributed by atoms with Crippen LogP contribution in [0.25, 0.3) is 66.1 Å². The summed E-state index contributed by atoms with van der Waals surface area (Å²) in [4.78, 5) is 4.94. The lowest BCUT2D eigenvalue weighted by atomic mass is 9.93. The Morgan fingerprint density at radius 1 is 0.426 bits per heavy atom. The van der Waals surface area contributed by atoms with Crippen LogP contribution in [-0.2, 0) is 0 Å². The van der Waals surface area contributed by atoms with Gasteiger partial charge in [0.15, 0.2) is 0 Å². The second-order valence-electron chi connectivity index (χ2n) is 16.1. The molecule has 1 unspecified atom stereocenters. The largest absolute Gasteiger partial charge is 0.333 e. The van der Waals surface area contributed by atoms with Crippen molar-refractivity contribution >= 4 is 60.9 Å². The van der Waals surface area contributed by atoms with Crippen molar-refractivity contribution in [1.82, 2.24) is 4.57 Å². The predicted octanol–water partition coefficient (Wildman–Crippen LogP) is 15.3. The zero-order chi connectivity index (χ0) is 40.3. The zero-order valence-corrected chi connectivity index (χ0v) is 33.6. The Labute approximate surface area is 356 Å². The standard InChI is InChI=1S/C58H41N3/c1-3-14-40(15-4-1)43-18-13-21-49(36-43)59(50-34-35-57-54(39-50)52-23-10-11-24-55(52)60(57)46-19-5-2-6-20-46)47-30-26-41(27-31-47)42-28-32-48(33-29-42)61-56-25-12-9-22-51(56)53-37-44-16-7-8-17-45(44)38-58(53)61/h1-34,36-39,57H,35H2. The van der Waals surface area contributed by atoms with Gasteiger partial charge in [0.2, 0.25) is 0 Å². The molecular weight excluding hydrogens is 739 g/mol. The molecular formula is C58H41N3. The molecule has 10 aromatic rings. The zero-order valence-electron chi connectivity index (χ0n) is 33.6. The Balaban J connectivity index is 0.921. The number of para-hydroxylation sites is 3. The highest BCUT2D eigenvalue weighted by Crippen LogP contribution is 2.49. The Hall–Kier alpha value is -7.88. The summed E-state index contributed by atoms with van der Waals surface area (Å²) in [6.07, 6.45) is 5.75. The predicted molar refractivity (Wildman–Crippen MR) is 257 cm³/mol. The first-order valence-electron chi connectivity index (χ1n) is 21.2. The lowest BCUT2D eigenvalue weighted by Crippen LogP contribution is -2.29. The molecule has 0 spiro atoms. The van der Waals surface area contributed by atoms with Crippen molar-refractivity contribution in [3.05, 3.63) is 242 Å². The monoisotopic (exact) mass is 779 g/mol. The van der Waals surface area contributed by atoms with Crippen LogP contribution in [0.15, 0.2) is 236 Å². The average Bonchev–Trinajstić information content (AvgIpc) is 3.84. The fourth-order valence-electron chi connectivity index (χ4n) is 9.78. The third kappa shape index (κ3) is 5.97. The van der Waals surface area contributed by atoms with Gasteiger partial charge in [0.05, 0.1) is 17.1 Å². The van der Waals surface area contributed by atoms with Gasteiger partial charge in [-0.15, -0.1) is 0 Å². The van der Waals surface area contributed by atoms with Crippen LogP contribution in [0.2, 0.25) is 0 Å². The second kappa shape index (κ2) is 14.4. The number of benzene rings is 9. The minimum absolute atomic E-state index is 0.230. The molecule has 3 nitrogen and oxygen atoms in total. The summed E-state index contributed by atoms with van der Waals surface area (Å²) in [5.74, 6) is 0. The number of hydrogen-bond donors (Lipinski definition) is 0. The molecule has 0 radical (unpaired) electrons. The van der Waals surface area contributed by atoms with Crippen LogP contribution >= 0.6 is 0 Å². The van der Waals surface area contributed by atoms with E-state index in [0.29, 0.717) is 0 Å². The molecule has 3 heteroatoms. The summed E-state index contributed by atoms with van der Waals surface area (Å²) < 4.78 is 2.41. The molecule has 0 bridgehead atoms. The van der Waals surface area contributed by atoms with Crippen LogP contribution in [-0.4, -0.2) is 10.6 Å². The first-order chi connectivity index (χ1) is 30.2. The number of fused-ring (bicyclic) bond motifs is 7. The van der Waals surface area contributed by atoms with E-state index in [1.54, 1.807) is 0 Å². The van der Waals surface area contributed by atoms with Crippen molar-refractivity contribution in [2.75, 3.05) is 9.80 Å². The lowest BCUT2D eigenvalue weighted by Gasteiger charge is -2.33. The van der Waals surface area contributed by atoms with Crippen molar-refractivity contribution in [1.29, 1.82) is 0 Å². The van der Waals surface area contributed by atoms with Gasteiger partial charge in [0, 0.05) is 50.5 Å². The molecule has 1 aromatic heterocycles. The van der Waals surface area contributed by atoms with Crippen LogP contribution in [0.3, 0.4) is 0 Å². The van der Waals surface area contributed by atoms with Crippen LogP contribution in [0.1, 0.15) is 12.0 Å². The number of rotatable bonds is 7. The molecule has 2 aliphatic rings. The molecule has 1 aliphatic heterocycles. The van der Waals surface area contributed by atoms with E-state index in [1.165, 1.54) is 83.0 Å². The maximum absolute atomic E-state index is 2.51. The number of aromatic nitrogens is 1. The van der Waals surface area contributed by atoms with Gasteiger partial charge in [0.1, 0.15) is 0 Å². The molecule has 0 amide bonds. The summed E-state index contributed by atoms with van der Waals surface area (Å²) in [6.45, 7) is 0. The molecule has 1 aliphatic carbocycles. The van der Waals surface area contributed by atoms with E-state index in [2.05, 4.69) is 245 Å². The minimum Gasteiger partial charge on any atom is -0.333 e. The number of allylic oxidation sites excluding steroid dienone is 1. The van der Waals surface area contributed by atoms with E-state index < -0.39 is 0 Å². The number of anilines is 4. The van der Waals surface area contributed by atoms with Crippen LogP contribution < -0.4 is 9.80 Å². The molecule has 1 atom stereocenters. The smallest absolute Gasteiger partial charge is 0.0634 e. The van der Waals surface area contributed by atoms with Gasteiger partial charge in [-0.2, -0.15) is 0 Å². The average molecular weight is 780 g/mol. The van der Waals surface area contributed by atoms with E-state index in [0.717, 1.165) is 23.5 Å². The van der Waals surface area contributed by atoms with Crippen molar-refractivity contribution in [3.63, 3.8) is 0 Å². The first kappa shape index (κ1) is 35.1. The summed E-state index contributed by atoms with van der Waals surface area (Å²) in [6, 6.07) is 79.8. The number of nitrogens with zero attached hydrogens (tertiary/aromatic N) is 3. The Morgan fingerprint density at radius 2 is 1.07 bits per heavy atom. The highest BCUT2D eigenvalue weighted by Gasteiger charge is 2.36. The summed E-state index contributed by atoms with van der Waals surface area (Å²) >= 11 is 0. The topological polar surface area (TPSA) is 11.4 Å². The van der Waals surface area contributed by atoms with Gasteiger partial charge in [-0.25, -0.2) is 0 Å². The third-order valence-electron chi connectivity index (χ3n) is 12.6. The van der Waals surface area contributed by atoms with Gasteiger partial charge in [-0.05, 0) is 124 Å². The van der Waals surface area contributed by atoms with Crippen molar-refractivity contribution < 1.29 is 0 Å². The van der Waals surface area contributed by atoms with Gasteiger partial charge >= 0.3 is 0 Å². The molecule has 0 fully saturated rings. The molecule has 0 saturated heterocycles. The lowest BCUT2D eigenvalue weighted by molar-refractivity contribution is 0.820. The second-order valence-corrected chi connectivity index (χ2v) is 16.1. The minimum atomic E-state index is 0.230. The first-order valence-corrected chi connectivity index (χ1v) is 21.2. The van der Waals surface area contributed by atoms with Gasteiger partial charge < -0.3 is 14.4 Å². The van der Waals surface area contributed by atoms with Crippen LogP contribution in [0.5, 0.6) is 0 Å². The van der Waals surface area contributed by atoms with Crippen molar-refractivity contribution in [2.24, 2.45) is 0 Å². The highest BCUT2D eigenvalue weighted by atomic mass is 15.2.